The molecule has 4 heteroatoms. The highest BCUT2D eigenvalue weighted by molar-refractivity contribution is 5.94. The molecule has 0 heterocycles. The van der Waals surface area contributed by atoms with Crippen molar-refractivity contribution < 1.29 is 14.3 Å². The first-order valence-corrected chi connectivity index (χ1v) is 6.47. The first-order valence-electron chi connectivity index (χ1n) is 6.47. The first-order chi connectivity index (χ1) is 9.66. The van der Waals surface area contributed by atoms with Crippen LogP contribution < -0.4 is 5.32 Å². The molecule has 0 bridgehead atoms. The normalized spacial score (nSPS) is 10.2. The zero-order valence-corrected chi connectivity index (χ0v) is 11.0. The second-order valence-electron chi connectivity index (χ2n) is 4.51. The van der Waals surface area contributed by atoms with Crippen molar-refractivity contribution in [2.75, 3.05) is 6.54 Å². The number of carbonyl (C=O) groups excluding carboxylic acids is 1. The van der Waals surface area contributed by atoms with Crippen LogP contribution in [0.4, 0.5) is 4.39 Å². The fraction of sp³-hybridized carbons (Fsp3) is 0.188. The first kappa shape index (κ1) is 14.1. The molecular formula is C16H16FNO2. The van der Waals surface area contributed by atoms with E-state index >= 15 is 0 Å². The highest BCUT2D eigenvalue weighted by Crippen LogP contribution is 2.11. The van der Waals surface area contributed by atoms with Gasteiger partial charge in [0, 0.05) is 6.54 Å². The van der Waals surface area contributed by atoms with Crippen molar-refractivity contribution in [3.05, 3.63) is 65.5 Å². The zero-order valence-electron chi connectivity index (χ0n) is 11.0. The topological polar surface area (TPSA) is 49.3 Å². The smallest absolute Gasteiger partial charge is 0.254 e. The number of nitrogens with one attached hydrogen (secondary N) is 1. The van der Waals surface area contributed by atoms with Gasteiger partial charge in [0.2, 0.25) is 0 Å². The molecule has 0 atom stereocenters. The lowest BCUT2D eigenvalue weighted by atomic mass is 10.1. The SMILES string of the molecule is O=C(NCCCc1ccc(O)cc1)c1ccccc1F. The maximum Gasteiger partial charge on any atom is 0.254 e. The lowest BCUT2D eigenvalue weighted by molar-refractivity contribution is 0.0949. The standard InChI is InChI=1S/C16H16FNO2/c17-15-6-2-1-5-14(15)16(20)18-11-3-4-12-7-9-13(19)10-8-12/h1-2,5-10,19H,3-4,11H2,(H,18,20). The van der Waals surface area contributed by atoms with Gasteiger partial charge in [0.1, 0.15) is 11.6 Å². The van der Waals surface area contributed by atoms with Crippen molar-refractivity contribution in [3.8, 4) is 5.75 Å². The van der Waals surface area contributed by atoms with Gasteiger partial charge in [-0.25, -0.2) is 4.39 Å². The summed E-state index contributed by atoms with van der Waals surface area (Å²) in [5, 5.41) is 11.9. The van der Waals surface area contributed by atoms with Crippen molar-refractivity contribution in [1.82, 2.24) is 5.32 Å². The van der Waals surface area contributed by atoms with Crippen LogP contribution in [-0.4, -0.2) is 17.6 Å². The van der Waals surface area contributed by atoms with Crippen LogP contribution in [0.3, 0.4) is 0 Å². The molecule has 0 spiro atoms. The van der Waals surface area contributed by atoms with Crippen LogP contribution in [0.5, 0.6) is 5.75 Å². The predicted octanol–water partition coefficient (Wildman–Crippen LogP) is 2.89. The van der Waals surface area contributed by atoms with Gasteiger partial charge in [-0.05, 0) is 42.7 Å². The molecule has 0 aliphatic heterocycles. The summed E-state index contributed by atoms with van der Waals surface area (Å²) >= 11 is 0. The highest BCUT2D eigenvalue weighted by atomic mass is 19.1. The summed E-state index contributed by atoms with van der Waals surface area (Å²) in [4.78, 5) is 11.7. The molecule has 2 aromatic carbocycles. The molecule has 2 N–H and O–H groups in total. The van der Waals surface area contributed by atoms with Crippen LogP contribution in [0, 0.1) is 5.82 Å². The number of benzene rings is 2. The number of carbonyl (C=O) groups is 1. The van der Waals surface area contributed by atoms with E-state index in [1.165, 1.54) is 12.1 Å². The van der Waals surface area contributed by atoms with Gasteiger partial charge in [-0.3, -0.25) is 4.79 Å². The predicted molar refractivity (Wildman–Crippen MR) is 75.2 cm³/mol. The Labute approximate surface area is 117 Å². The van der Waals surface area contributed by atoms with E-state index in [-0.39, 0.29) is 11.3 Å². The number of phenols is 1. The van der Waals surface area contributed by atoms with Crippen molar-refractivity contribution >= 4 is 5.91 Å². The van der Waals surface area contributed by atoms with E-state index in [1.807, 2.05) is 12.1 Å². The molecule has 0 unspecified atom stereocenters. The number of halogens is 1. The third kappa shape index (κ3) is 3.82. The van der Waals surface area contributed by atoms with Gasteiger partial charge in [-0.1, -0.05) is 24.3 Å². The van der Waals surface area contributed by atoms with Gasteiger partial charge in [-0.2, -0.15) is 0 Å². The Morgan fingerprint density at radius 1 is 1.10 bits per heavy atom. The van der Waals surface area contributed by atoms with Crippen molar-refractivity contribution in [2.45, 2.75) is 12.8 Å². The molecule has 2 rings (SSSR count). The Balaban J connectivity index is 1.77. The number of aryl methyl sites for hydroxylation is 1. The summed E-state index contributed by atoms with van der Waals surface area (Å²) in [5.41, 5.74) is 1.15. The maximum atomic E-state index is 13.4. The van der Waals surface area contributed by atoms with E-state index in [2.05, 4.69) is 5.32 Å². The molecule has 20 heavy (non-hydrogen) atoms. The molecule has 0 fully saturated rings. The number of amides is 1. The number of hydrogen-bond acceptors (Lipinski definition) is 2. The lowest BCUT2D eigenvalue weighted by Crippen LogP contribution is -2.25. The van der Waals surface area contributed by atoms with Gasteiger partial charge < -0.3 is 10.4 Å². The van der Waals surface area contributed by atoms with E-state index in [4.69, 9.17) is 5.11 Å². The summed E-state index contributed by atoms with van der Waals surface area (Å²) in [5.74, 6) is -0.668. The van der Waals surface area contributed by atoms with Crippen LogP contribution in [0.1, 0.15) is 22.3 Å². The van der Waals surface area contributed by atoms with E-state index in [9.17, 15) is 9.18 Å². The van der Waals surface area contributed by atoms with Crippen molar-refractivity contribution in [1.29, 1.82) is 0 Å². The van der Waals surface area contributed by atoms with Crippen LogP contribution >= 0.6 is 0 Å². The molecule has 0 saturated carbocycles. The Morgan fingerprint density at radius 2 is 1.80 bits per heavy atom. The monoisotopic (exact) mass is 273 g/mol. The van der Waals surface area contributed by atoms with Gasteiger partial charge in [0.15, 0.2) is 0 Å². The summed E-state index contributed by atoms with van der Waals surface area (Å²) in [7, 11) is 0. The van der Waals surface area contributed by atoms with E-state index < -0.39 is 11.7 Å². The Morgan fingerprint density at radius 3 is 2.50 bits per heavy atom. The highest BCUT2D eigenvalue weighted by Gasteiger charge is 2.09. The van der Waals surface area contributed by atoms with Crippen LogP contribution in [-0.2, 0) is 6.42 Å². The molecule has 0 aromatic heterocycles. The Kier molecular flexibility index (Phi) is 4.71. The summed E-state index contributed by atoms with van der Waals surface area (Å²) in [6.07, 6.45) is 1.54. The molecule has 0 aliphatic carbocycles. The van der Waals surface area contributed by atoms with E-state index in [1.54, 1.807) is 24.3 Å². The quantitative estimate of drug-likeness (QED) is 0.823. The third-order valence-corrected chi connectivity index (χ3v) is 2.98. The number of aromatic hydroxyl groups is 1. The zero-order chi connectivity index (χ0) is 14.4. The molecule has 2 aromatic rings. The summed E-state index contributed by atoms with van der Waals surface area (Å²) < 4.78 is 13.4. The van der Waals surface area contributed by atoms with Crippen molar-refractivity contribution in [2.24, 2.45) is 0 Å². The molecular weight excluding hydrogens is 257 g/mol. The fourth-order valence-electron chi connectivity index (χ4n) is 1.90. The van der Waals surface area contributed by atoms with Crippen LogP contribution in [0.2, 0.25) is 0 Å². The minimum Gasteiger partial charge on any atom is -0.508 e. The Hall–Kier alpha value is -2.36. The average molecular weight is 273 g/mol. The molecule has 104 valence electrons. The largest absolute Gasteiger partial charge is 0.508 e. The minimum absolute atomic E-state index is 0.0668. The van der Waals surface area contributed by atoms with Gasteiger partial charge in [0.05, 0.1) is 5.56 Å². The van der Waals surface area contributed by atoms with Crippen LogP contribution in [0.25, 0.3) is 0 Å². The second kappa shape index (κ2) is 6.70. The number of hydrogen-bond donors (Lipinski definition) is 2. The average Bonchev–Trinajstić information content (AvgIpc) is 2.46. The molecule has 3 nitrogen and oxygen atoms in total. The van der Waals surface area contributed by atoms with Gasteiger partial charge in [0.25, 0.3) is 5.91 Å². The third-order valence-electron chi connectivity index (χ3n) is 2.98. The summed E-state index contributed by atoms with van der Waals surface area (Å²) in [6.45, 7) is 0.480. The molecule has 0 saturated heterocycles. The minimum atomic E-state index is -0.511. The number of rotatable bonds is 5. The van der Waals surface area contributed by atoms with E-state index in [0.717, 1.165) is 18.4 Å². The van der Waals surface area contributed by atoms with Gasteiger partial charge >= 0.3 is 0 Å². The summed E-state index contributed by atoms with van der Waals surface area (Å²) in [6, 6.07) is 12.9. The second-order valence-corrected chi connectivity index (χ2v) is 4.51. The number of phenolic OH excluding ortho intramolecular Hbond substituents is 1. The molecule has 0 radical (unpaired) electrons. The van der Waals surface area contributed by atoms with Gasteiger partial charge in [-0.15, -0.1) is 0 Å². The Bertz CT molecular complexity index is 581. The maximum absolute atomic E-state index is 13.4. The van der Waals surface area contributed by atoms with E-state index in [0.29, 0.717) is 6.54 Å². The fourth-order valence-corrected chi connectivity index (χ4v) is 1.90. The lowest BCUT2D eigenvalue weighted by Gasteiger charge is -2.06. The molecule has 0 aliphatic rings. The van der Waals surface area contributed by atoms with Crippen molar-refractivity contribution in [3.63, 3.8) is 0 Å². The van der Waals surface area contributed by atoms with Crippen LogP contribution in [0.15, 0.2) is 48.5 Å². The molecule has 1 amide bonds.